The van der Waals surface area contributed by atoms with Crippen molar-refractivity contribution >= 4 is 39.3 Å². The molecule has 10 nitrogen and oxygen atoms in total. The molecule has 0 radical (unpaired) electrons. The molecule has 2 rings (SSSR count). The minimum atomic E-state index is -4.91. The molecule has 1 atom stereocenters. The van der Waals surface area contributed by atoms with Crippen molar-refractivity contribution in [2.24, 2.45) is 0 Å². The second-order valence-electron chi connectivity index (χ2n) is 5.80. The molecule has 0 aromatic heterocycles. The summed E-state index contributed by atoms with van der Waals surface area (Å²) in [7, 11) is -4.91. The van der Waals surface area contributed by atoms with E-state index < -0.39 is 50.8 Å². The quantitative estimate of drug-likeness (QED) is 0.334. The predicted molar refractivity (Wildman–Crippen MR) is 97.7 cm³/mol. The number of carboxylic acids is 2. The van der Waals surface area contributed by atoms with Crippen LogP contribution in [0.2, 0.25) is 0 Å². The van der Waals surface area contributed by atoms with E-state index in [0.717, 1.165) is 12.1 Å². The molecule has 11 heteroatoms. The number of amides is 1. The third-order valence-electron chi connectivity index (χ3n) is 3.75. The molecule has 1 amide bonds. The predicted octanol–water partition coefficient (Wildman–Crippen LogP) is 1.41. The average molecular weight is 408 g/mol. The Labute approximate surface area is 159 Å². The molecular formula is C17H16N2O8S. The molecule has 0 saturated heterocycles. The molecule has 6 N–H and O–H groups in total. The largest absolute Gasteiger partial charge is 0.481 e. The number of aliphatic carboxylic acids is 2. The van der Waals surface area contributed by atoms with E-state index in [2.05, 4.69) is 5.32 Å². The summed E-state index contributed by atoms with van der Waals surface area (Å²) in [6.07, 6.45) is -0.896. The van der Waals surface area contributed by atoms with E-state index in [0.29, 0.717) is 5.69 Å². The average Bonchev–Trinajstić information content (AvgIpc) is 2.58. The highest BCUT2D eigenvalue weighted by Crippen LogP contribution is 2.30. The molecule has 148 valence electrons. The van der Waals surface area contributed by atoms with Crippen LogP contribution in [-0.4, -0.2) is 41.0 Å². The third kappa shape index (κ3) is 5.05. The number of benzene rings is 2. The number of carboxylic acid groups (broad SMARTS) is 2. The van der Waals surface area contributed by atoms with Gasteiger partial charge in [0, 0.05) is 16.9 Å². The highest BCUT2D eigenvalue weighted by atomic mass is 32.2. The van der Waals surface area contributed by atoms with Crippen LogP contribution in [0, 0.1) is 0 Å². The maximum absolute atomic E-state index is 12.2. The second-order valence-corrected chi connectivity index (χ2v) is 7.19. The zero-order valence-electron chi connectivity index (χ0n) is 14.2. The first-order valence-corrected chi connectivity index (χ1v) is 9.16. The molecule has 28 heavy (non-hydrogen) atoms. The molecule has 2 aromatic rings. The van der Waals surface area contributed by atoms with E-state index in [1.807, 2.05) is 0 Å². The van der Waals surface area contributed by atoms with Gasteiger partial charge < -0.3 is 21.3 Å². The fraction of sp³-hybridized carbons (Fsp3) is 0.118. The van der Waals surface area contributed by atoms with Crippen LogP contribution in [0.4, 0.5) is 11.4 Å². The zero-order chi connectivity index (χ0) is 21.1. The number of hydrogen-bond acceptors (Lipinski definition) is 6. The van der Waals surface area contributed by atoms with Crippen LogP contribution in [0.25, 0.3) is 0 Å². The van der Waals surface area contributed by atoms with Crippen molar-refractivity contribution in [3.8, 4) is 0 Å². The molecular weight excluding hydrogens is 392 g/mol. The topological polar surface area (TPSA) is 184 Å². The van der Waals surface area contributed by atoms with Gasteiger partial charge in [-0.15, -0.1) is 0 Å². The van der Waals surface area contributed by atoms with E-state index in [-0.39, 0.29) is 11.3 Å². The van der Waals surface area contributed by atoms with Crippen molar-refractivity contribution < 1.29 is 37.6 Å². The van der Waals surface area contributed by atoms with Crippen molar-refractivity contribution in [2.45, 2.75) is 17.2 Å². The smallest absolute Gasteiger partial charge is 0.311 e. The first kappa shape index (κ1) is 20.9. The van der Waals surface area contributed by atoms with Gasteiger partial charge in [0.05, 0.1) is 12.3 Å². The Morgan fingerprint density at radius 1 is 1.07 bits per heavy atom. The molecule has 0 aliphatic rings. The van der Waals surface area contributed by atoms with Gasteiger partial charge >= 0.3 is 11.9 Å². The Hall–Kier alpha value is -3.44. The number of rotatable bonds is 7. The lowest BCUT2D eigenvalue weighted by molar-refractivity contribution is -0.145. The summed E-state index contributed by atoms with van der Waals surface area (Å²) in [4.78, 5) is 33.7. The van der Waals surface area contributed by atoms with E-state index >= 15 is 0 Å². The van der Waals surface area contributed by atoms with Gasteiger partial charge in [-0.1, -0.05) is 12.1 Å². The second kappa shape index (κ2) is 8.06. The molecule has 0 aliphatic carbocycles. The SMILES string of the molecule is Nc1cccc(C(=O)Nc2ccc(C(CC(=O)O)C(=O)O)c(S(=O)(=O)O)c2)c1. The summed E-state index contributed by atoms with van der Waals surface area (Å²) in [6, 6.07) is 9.05. The van der Waals surface area contributed by atoms with E-state index in [4.69, 9.17) is 10.8 Å². The number of hydrogen-bond donors (Lipinski definition) is 5. The highest BCUT2D eigenvalue weighted by molar-refractivity contribution is 7.85. The summed E-state index contributed by atoms with van der Waals surface area (Å²) in [5, 5.41) is 20.5. The number of nitrogen functional groups attached to an aromatic ring is 1. The fourth-order valence-corrected chi connectivity index (χ4v) is 3.30. The van der Waals surface area contributed by atoms with Gasteiger partial charge in [0.1, 0.15) is 4.90 Å². The lowest BCUT2D eigenvalue weighted by Gasteiger charge is -2.15. The van der Waals surface area contributed by atoms with Crippen molar-refractivity contribution in [1.82, 2.24) is 0 Å². The van der Waals surface area contributed by atoms with Crippen LogP contribution in [0.15, 0.2) is 47.4 Å². The maximum atomic E-state index is 12.2. The summed E-state index contributed by atoms with van der Waals surface area (Å²) >= 11 is 0. The molecule has 2 aromatic carbocycles. The third-order valence-corrected chi connectivity index (χ3v) is 4.66. The van der Waals surface area contributed by atoms with Gasteiger partial charge in [-0.2, -0.15) is 8.42 Å². The zero-order valence-corrected chi connectivity index (χ0v) is 15.0. The van der Waals surface area contributed by atoms with Crippen LogP contribution in [-0.2, 0) is 19.7 Å². The number of carbonyl (C=O) groups excluding carboxylic acids is 1. The van der Waals surface area contributed by atoms with Gasteiger partial charge in [0.25, 0.3) is 16.0 Å². The summed E-state index contributed by atoms with van der Waals surface area (Å²) in [5.41, 5.74) is 5.65. The highest BCUT2D eigenvalue weighted by Gasteiger charge is 2.29. The summed E-state index contributed by atoms with van der Waals surface area (Å²) in [5.74, 6) is -5.38. The van der Waals surface area contributed by atoms with Gasteiger partial charge in [0.2, 0.25) is 0 Å². The minimum Gasteiger partial charge on any atom is -0.481 e. The van der Waals surface area contributed by atoms with Gasteiger partial charge in [-0.25, -0.2) is 0 Å². The van der Waals surface area contributed by atoms with Gasteiger partial charge in [-0.05, 0) is 35.9 Å². The van der Waals surface area contributed by atoms with E-state index in [9.17, 15) is 32.5 Å². The van der Waals surface area contributed by atoms with Crippen LogP contribution in [0.5, 0.6) is 0 Å². The fourth-order valence-electron chi connectivity index (χ4n) is 2.51. The maximum Gasteiger partial charge on any atom is 0.311 e. The Morgan fingerprint density at radius 3 is 2.29 bits per heavy atom. The summed E-state index contributed by atoms with van der Waals surface area (Å²) < 4.78 is 32.9. The van der Waals surface area contributed by atoms with Gasteiger partial charge in [0.15, 0.2) is 0 Å². The van der Waals surface area contributed by atoms with Crippen molar-refractivity contribution in [3.05, 3.63) is 53.6 Å². The first-order chi connectivity index (χ1) is 13.0. The van der Waals surface area contributed by atoms with E-state index in [1.165, 1.54) is 18.2 Å². The molecule has 0 saturated carbocycles. The van der Waals surface area contributed by atoms with Crippen LogP contribution in [0.3, 0.4) is 0 Å². The minimum absolute atomic E-state index is 0.0525. The Balaban J connectivity index is 2.46. The molecule has 1 unspecified atom stereocenters. The summed E-state index contributed by atoms with van der Waals surface area (Å²) in [6.45, 7) is 0. The normalized spacial score (nSPS) is 12.2. The molecule has 0 heterocycles. The molecule has 0 fully saturated rings. The standard InChI is InChI=1S/C17H16N2O8S/c18-10-3-1-2-9(6-10)16(22)19-11-4-5-12(14(7-11)28(25,26)27)13(17(23)24)8-15(20)21/h1-7,13H,8,18H2,(H,19,22)(H,20,21)(H,23,24)(H,25,26,27). The number of anilines is 2. The lowest BCUT2D eigenvalue weighted by Crippen LogP contribution is -2.19. The Morgan fingerprint density at radius 2 is 1.75 bits per heavy atom. The number of nitrogens with two attached hydrogens (primary N) is 1. The first-order valence-electron chi connectivity index (χ1n) is 7.72. The van der Waals surface area contributed by atoms with Gasteiger partial charge in [-0.3, -0.25) is 18.9 Å². The van der Waals surface area contributed by atoms with Crippen LogP contribution in [0.1, 0.15) is 28.3 Å². The lowest BCUT2D eigenvalue weighted by atomic mass is 9.95. The van der Waals surface area contributed by atoms with Crippen LogP contribution < -0.4 is 11.1 Å². The van der Waals surface area contributed by atoms with Crippen molar-refractivity contribution in [1.29, 1.82) is 0 Å². The van der Waals surface area contributed by atoms with Crippen molar-refractivity contribution in [3.63, 3.8) is 0 Å². The van der Waals surface area contributed by atoms with Crippen LogP contribution >= 0.6 is 0 Å². The monoisotopic (exact) mass is 408 g/mol. The Bertz CT molecular complexity index is 1050. The molecule has 0 aliphatic heterocycles. The number of nitrogens with one attached hydrogen (secondary N) is 1. The molecule has 0 bridgehead atoms. The van der Waals surface area contributed by atoms with Crippen molar-refractivity contribution in [2.75, 3.05) is 11.1 Å². The molecule has 0 spiro atoms. The number of carbonyl (C=O) groups is 3. The Kier molecular flexibility index (Phi) is 6.01. The van der Waals surface area contributed by atoms with E-state index in [1.54, 1.807) is 12.1 Å².